The van der Waals surface area contributed by atoms with Crippen LogP contribution in [0.4, 0.5) is 4.39 Å². The zero-order valence-electron chi connectivity index (χ0n) is 17.1. The predicted molar refractivity (Wildman–Crippen MR) is 114 cm³/mol. The fraction of sp³-hybridized carbons (Fsp3) is 0.167. The largest absolute Gasteiger partial charge is 0.338 e. The first-order chi connectivity index (χ1) is 14.4. The SMILES string of the molecule is Cc1ccc(C)n1-c1ccc(C(=O)N[C@H](c2ccc(F)cc2)c2nccn2C)cc1. The molecule has 0 aliphatic carbocycles. The number of amides is 1. The highest BCUT2D eigenvalue weighted by Gasteiger charge is 2.21. The molecule has 1 atom stereocenters. The van der Waals surface area contributed by atoms with E-state index in [1.54, 1.807) is 18.3 Å². The summed E-state index contributed by atoms with van der Waals surface area (Å²) in [7, 11) is 1.86. The molecule has 2 aromatic heterocycles. The van der Waals surface area contributed by atoms with Gasteiger partial charge in [-0.15, -0.1) is 0 Å². The van der Waals surface area contributed by atoms with Gasteiger partial charge in [0.1, 0.15) is 17.7 Å². The summed E-state index contributed by atoms with van der Waals surface area (Å²) in [6.45, 7) is 4.10. The summed E-state index contributed by atoms with van der Waals surface area (Å²) in [6, 6.07) is 17.2. The molecule has 1 amide bonds. The number of benzene rings is 2. The molecule has 0 radical (unpaired) electrons. The lowest BCUT2D eigenvalue weighted by Gasteiger charge is -2.19. The number of nitrogens with zero attached hydrogens (tertiary/aromatic N) is 3. The molecule has 2 aromatic carbocycles. The molecule has 152 valence electrons. The molecule has 4 aromatic rings. The van der Waals surface area contributed by atoms with E-state index in [-0.39, 0.29) is 11.7 Å². The summed E-state index contributed by atoms with van der Waals surface area (Å²) in [5, 5.41) is 3.04. The van der Waals surface area contributed by atoms with Gasteiger partial charge in [0.25, 0.3) is 5.91 Å². The first-order valence-electron chi connectivity index (χ1n) is 9.73. The van der Waals surface area contributed by atoms with Crippen molar-refractivity contribution in [3.63, 3.8) is 0 Å². The molecular weight excluding hydrogens is 379 g/mol. The highest BCUT2D eigenvalue weighted by Crippen LogP contribution is 2.22. The maximum Gasteiger partial charge on any atom is 0.252 e. The minimum atomic E-state index is -0.494. The third-order valence-corrected chi connectivity index (χ3v) is 5.25. The van der Waals surface area contributed by atoms with Gasteiger partial charge in [0.2, 0.25) is 0 Å². The number of aromatic nitrogens is 3. The van der Waals surface area contributed by atoms with E-state index in [9.17, 15) is 9.18 Å². The van der Waals surface area contributed by atoms with Crippen LogP contribution < -0.4 is 5.32 Å². The van der Waals surface area contributed by atoms with Gasteiger partial charge >= 0.3 is 0 Å². The average molecular weight is 402 g/mol. The normalized spacial score (nSPS) is 12.0. The van der Waals surface area contributed by atoms with Crippen molar-refractivity contribution in [2.75, 3.05) is 0 Å². The van der Waals surface area contributed by atoms with E-state index in [2.05, 4.69) is 27.0 Å². The Morgan fingerprint density at radius 2 is 1.60 bits per heavy atom. The highest BCUT2D eigenvalue weighted by molar-refractivity contribution is 5.94. The van der Waals surface area contributed by atoms with Gasteiger partial charge in [-0.25, -0.2) is 9.37 Å². The second-order valence-corrected chi connectivity index (χ2v) is 7.35. The lowest BCUT2D eigenvalue weighted by molar-refractivity contribution is 0.0941. The maximum absolute atomic E-state index is 13.4. The van der Waals surface area contributed by atoms with Crippen LogP contribution in [-0.4, -0.2) is 20.0 Å². The van der Waals surface area contributed by atoms with Crippen LogP contribution in [0.3, 0.4) is 0 Å². The molecule has 0 aliphatic heterocycles. The van der Waals surface area contributed by atoms with Gasteiger partial charge in [0.05, 0.1) is 0 Å². The number of rotatable bonds is 5. The zero-order chi connectivity index (χ0) is 21.3. The minimum Gasteiger partial charge on any atom is -0.338 e. The van der Waals surface area contributed by atoms with Crippen LogP contribution in [0.25, 0.3) is 5.69 Å². The second kappa shape index (κ2) is 7.99. The van der Waals surface area contributed by atoms with Crippen LogP contribution in [-0.2, 0) is 7.05 Å². The van der Waals surface area contributed by atoms with Gasteiger partial charge in [0.15, 0.2) is 0 Å². The number of carbonyl (C=O) groups excluding carboxylic acids is 1. The molecular formula is C24H23FN4O. The number of carbonyl (C=O) groups is 1. The van der Waals surface area contributed by atoms with Crippen molar-refractivity contribution >= 4 is 5.91 Å². The Labute approximate surface area is 174 Å². The molecule has 30 heavy (non-hydrogen) atoms. The van der Waals surface area contributed by atoms with Crippen LogP contribution in [0.2, 0.25) is 0 Å². The first-order valence-corrected chi connectivity index (χ1v) is 9.73. The van der Waals surface area contributed by atoms with Gasteiger partial charge in [-0.05, 0) is 67.9 Å². The quantitative estimate of drug-likeness (QED) is 0.535. The number of halogens is 1. The lowest BCUT2D eigenvalue weighted by Crippen LogP contribution is -2.31. The standard InChI is InChI=1S/C24H23FN4O/c1-16-4-5-17(2)29(16)21-12-8-19(9-13-21)24(30)27-22(23-26-14-15-28(23)3)18-6-10-20(25)11-7-18/h4-15,22H,1-3H3,(H,27,30)/t22-/m1/s1. The Hall–Kier alpha value is -3.67. The molecule has 4 rings (SSSR count). The molecule has 0 spiro atoms. The molecule has 2 heterocycles. The summed E-state index contributed by atoms with van der Waals surface area (Å²) in [6.07, 6.45) is 3.49. The topological polar surface area (TPSA) is 51.9 Å². The third-order valence-electron chi connectivity index (χ3n) is 5.25. The fourth-order valence-electron chi connectivity index (χ4n) is 3.66. The summed E-state index contributed by atoms with van der Waals surface area (Å²) < 4.78 is 17.4. The van der Waals surface area contributed by atoms with Crippen molar-refractivity contribution in [2.45, 2.75) is 19.9 Å². The monoisotopic (exact) mass is 402 g/mol. The number of aryl methyl sites for hydroxylation is 3. The molecule has 0 unspecified atom stereocenters. The second-order valence-electron chi connectivity index (χ2n) is 7.35. The highest BCUT2D eigenvalue weighted by atomic mass is 19.1. The summed E-state index contributed by atoms with van der Waals surface area (Å²) in [4.78, 5) is 17.4. The number of hydrogen-bond donors (Lipinski definition) is 1. The number of imidazole rings is 1. The van der Waals surface area contributed by atoms with Crippen LogP contribution in [0, 0.1) is 19.7 Å². The van der Waals surface area contributed by atoms with Crippen LogP contribution >= 0.6 is 0 Å². The molecule has 0 aliphatic rings. The summed E-state index contributed by atoms with van der Waals surface area (Å²) in [5.41, 5.74) is 4.58. The Bertz CT molecular complexity index is 1150. The van der Waals surface area contributed by atoms with Gasteiger partial charge in [-0.2, -0.15) is 0 Å². The maximum atomic E-state index is 13.4. The van der Waals surface area contributed by atoms with E-state index < -0.39 is 6.04 Å². The number of nitrogens with one attached hydrogen (secondary N) is 1. The molecule has 0 saturated heterocycles. The minimum absolute atomic E-state index is 0.222. The fourth-order valence-corrected chi connectivity index (χ4v) is 3.66. The van der Waals surface area contributed by atoms with Crippen molar-refractivity contribution < 1.29 is 9.18 Å². The molecule has 0 bridgehead atoms. The van der Waals surface area contributed by atoms with Crippen molar-refractivity contribution in [1.82, 2.24) is 19.4 Å². The Kier molecular flexibility index (Phi) is 5.23. The molecule has 0 fully saturated rings. The summed E-state index contributed by atoms with van der Waals surface area (Å²) in [5.74, 6) is 0.125. The van der Waals surface area contributed by atoms with E-state index in [0.29, 0.717) is 11.4 Å². The van der Waals surface area contributed by atoms with Gasteiger partial charge in [-0.1, -0.05) is 12.1 Å². The van der Waals surface area contributed by atoms with Crippen molar-refractivity contribution in [3.05, 3.63) is 107 Å². The molecule has 1 N–H and O–H groups in total. The van der Waals surface area contributed by atoms with Crippen molar-refractivity contribution in [1.29, 1.82) is 0 Å². The Morgan fingerprint density at radius 3 is 2.17 bits per heavy atom. The van der Waals surface area contributed by atoms with Crippen LogP contribution in [0.1, 0.15) is 39.2 Å². The van der Waals surface area contributed by atoms with Crippen molar-refractivity contribution in [2.24, 2.45) is 7.05 Å². The van der Waals surface area contributed by atoms with Gasteiger partial charge in [0, 0.05) is 42.1 Å². The Balaban J connectivity index is 1.61. The smallest absolute Gasteiger partial charge is 0.252 e. The Morgan fingerprint density at radius 1 is 0.967 bits per heavy atom. The third kappa shape index (κ3) is 3.76. The van der Waals surface area contributed by atoms with Gasteiger partial charge in [-0.3, -0.25) is 4.79 Å². The van der Waals surface area contributed by atoms with E-state index in [1.165, 1.54) is 12.1 Å². The molecule has 5 nitrogen and oxygen atoms in total. The lowest BCUT2D eigenvalue weighted by atomic mass is 10.0. The summed E-state index contributed by atoms with van der Waals surface area (Å²) >= 11 is 0. The number of hydrogen-bond acceptors (Lipinski definition) is 2. The first kappa shape index (κ1) is 19.6. The average Bonchev–Trinajstić information content (AvgIpc) is 3.31. The van der Waals surface area contributed by atoms with Crippen molar-refractivity contribution in [3.8, 4) is 5.69 Å². The van der Waals surface area contributed by atoms with Gasteiger partial charge < -0.3 is 14.5 Å². The van der Waals surface area contributed by atoms with E-state index >= 15 is 0 Å². The zero-order valence-corrected chi connectivity index (χ0v) is 17.1. The molecule has 0 saturated carbocycles. The van der Waals surface area contributed by atoms with E-state index in [4.69, 9.17) is 0 Å². The van der Waals surface area contributed by atoms with Crippen LogP contribution in [0.15, 0.2) is 73.1 Å². The predicted octanol–water partition coefficient (Wildman–Crippen LogP) is 4.49. The molecule has 6 heteroatoms. The van der Waals surface area contributed by atoms with Crippen LogP contribution in [0.5, 0.6) is 0 Å². The van der Waals surface area contributed by atoms with E-state index in [0.717, 1.165) is 22.6 Å². The van der Waals surface area contributed by atoms with E-state index in [1.807, 2.05) is 55.9 Å².